The molecule has 0 aliphatic heterocycles. The Hall–Kier alpha value is -0.830. The van der Waals surface area contributed by atoms with Crippen molar-refractivity contribution in [1.29, 1.82) is 0 Å². The molecule has 23 heavy (non-hydrogen) atoms. The number of allylic oxidation sites excluding steroid dienone is 2. The second kappa shape index (κ2) is 17.5. The maximum absolute atomic E-state index is 11.3. The number of hydrogen-bond acceptors (Lipinski definition) is 2. The van der Waals surface area contributed by atoms with Crippen molar-refractivity contribution in [2.24, 2.45) is 5.92 Å². The van der Waals surface area contributed by atoms with Crippen LogP contribution in [0.3, 0.4) is 0 Å². The van der Waals surface area contributed by atoms with Gasteiger partial charge in [-0.2, -0.15) is 0 Å². The molecule has 136 valence electrons. The highest BCUT2D eigenvalue weighted by Gasteiger charge is 1.99. The van der Waals surface area contributed by atoms with Gasteiger partial charge in [0.05, 0.1) is 6.61 Å². The highest BCUT2D eigenvalue weighted by Crippen LogP contribution is 2.13. The van der Waals surface area contributed by atoms with E-state index in [2.05, 4.69) is 31.3 Å². The number of amides is 1. The number of aliphatic hydroxyl groups excluding tert-OH is 1. The van der Waals surface area contributed by atoms with Crippen LogP contribution in [0.1, 0.15) is 90.9 Å². The van der Waals surface area contributed by atoms with E-state index in [1.807, 2.05) is 0 Å². The van der Waals surface area contributed by atoms with Crippen molar-refractivity contribution < 1.29 is 9.90 Å². The summed E-state index contributed by atoms with van der Waals surface area (Å²) >= 11 is 0. The minimum atomic E-state index is 0.0244. The monoisotopic (exact) mass is 325 g/mol. The summed E-state index contributed by atoms with van der Waals surface area (Å²) in [6.07, 6.45) is 19.1. The summed E-state index contributed by atoms with van der Waals surface area (Å²) in [5, 5.41) is 11.3. The third-order valence-electron chi connectivity index (χ3n) is 4.19. The molecule has 0 saturated carbocycles. The van der Waals surface area contributed by atoms with Gasteiger partial charge < -0.3 is 10.4 Å². The Morgan fingerprint density at radius 1 is 1.04 bits per heavy atom. The largest absolute Gasteiger partial charge is 0.395 e. The van der Waals surface area contributed by atoms with E-state index in [0.717, 1.165) is 18.8 Å². The van der Waals surface area contributed by atoms with Crippen molar-refractivity contribution in [2.45, 2.75) is 90.9 Å². The molecule has 3 nitrogen and oxygen atoms in total. The van der Waals surface area contributed by atoms with E-state index in [-0.39, 0.29) is 12.5 Å². The molecule has 0 aromatic carbocycles. The molecule has 0 bridgehead atoms. The average molecular weight is 326 g/mol. The normalized spacial score (nSPS) is 12.7. The molecule has 0 fully saturated rings. The fourth-order valence-electron chi connectivity index (χ4n) is 2.68. The smallest absolute Gasteiger partial charge is 0.220 e. The highest BCUT2D eigenvalue weighted by atomic mass is 16.3. The van der Waals surface area contributed by atoms with Crippen molar-refractivity contribution in [3.8, 4) is 0 Å². The van der Waals surface area contributed by atoms with Gasteiger partial charge in [0.1, 0.15) is 0 Å². The number of rotatable bonds is 16. The molecule has 0 spiro atoms. The Morgan fingerprint density at radius 3 is 2.48 bits per heavy atom. The van der Waals surface area contributed by atoms with Gasteiger partial charge in [-0.25, -0.2) is 0 Å². The maximum Gasteiger partial charge on any atom is 0.220 e. The van der Waals surface area contributed by atoms with Gasteiger partial charge in [0.15, 0.2) is 0 Å². The fourth-order valence-corrected chi connectivity index (χ4v) is 2.68. The molecule has 0 aliphatic rings. The van der Waals surface area contributed by atoms with Crippen LogP contribution in [0.4, 0.5) is 0 Å². The number of carbonyl (C=O) groups excluding carboxylic acids is 1. The fraction of sp³-hybridized carbons (Fsp3) is 0.850. The summed E-state index contributed by atoms with van der Waals surface area (Å²) in [5.41, 5.74) is 0. The van der Waals surface area contributed by atoms with Crippen LogP contribution >= 0.6 is 0 Å². The third kappa shape index (κ3) is 17.4. The van der Waals surface area contributed by atoms with Gasteiger partial charge in [0.25, 0.3) is 0 Å². The Kier molecular flexibility index (Phi) is 16.9. The first-order valence-corrected chi connectivity index (χ1v) is 9.75. The Labute approximate surface area is 143 Å². The minimum Gasteiger partial charge on any atom is -0.395 e. The lowest BCUT2D eigenvalue weighted by Gasteiger charge is -2.05. The molecular weight excluding hydrogens is 286 g/mol. The van der Waals surface area contributed by atoms with Gasteiger partial charge in [0, 0.05) is 13.0 Å². The van der Waals surface area contributed by atoms with Gasteiger partial charge in [0.2, 0.25) is 5.91 Å². The van der Waals surface area contributed by atoms with Crippen LogP contribution in [0.15, 0.2) is 12.2 Å². The lowest BCUT2D eigenvalue weighted by atomic mass is 10.0. The third-order valence-corrected chi connectivity index (χ3v) is 4.19. The molecule has 1 amide bonds. The van der Waals surface area contributed by atoms with Crippen LogP contribution in [-0.4, -0.2) is 24.2 Å². The van der Waals surface area contributed by atoms with Crippen molar-refractivity contribution in [1.82, 2.24) is 5.32 Å². The Bertz CT molecular complexity index is 289. The SMILES string of the molecule is CCCCCCC(C)/C=C\CCCCCCCC(=O)NCCO. The standard InChI is InChI=1S/C20H39NO2/c1-3-4-5-11-14-19(2)15-12-9-7-6-8-10-13-16-20(23)21-17-18-22/h12,15,19,22H,3-11,13-14,16-18H2,1-2H3,(H,21,23)/b15-12-. The van der Waals surface area contributed by atoms with Crippen molar-refractivity contribution in [3.05, 3.63) is 12.2 Å². The minimum absolute atomic E-state index is 0.0244. The van der Waals surface area contributed by atoms with E-state index >= 15 is 0 Å². The quantitative estimate of drug-likeness (QED) is 0.310. The van der Waals surface area contributed by atoms with Gasteiger partial charge in [-0.1, -0.05) is 70.9 Å². The first kappa shape index (κ1) is 22.2. The maximum atomic E-state index is 11.3. The summed E-state index contributed by atoms with van der Waals surface area (Å²) in [4.78, 5) is 11.3. The number of unbranched alkanes of at least 4 members (excludes halogenated alkanes) is 8. The van der Waals surface area contributed by atoms with Crippen LogP contribution < -0.4 is 5.32 Å². The second-order valence-electron chi connectivity index (χ2n) is 6.63. The molecule has 1 atom stereocenters. The van der Waals surface area contributed by atoms with E-state index < -0.39 is 0 Å². The molecule has 0 aromatic heterocycles. The molecule has 3 heteroatoms. The second-order valence-corrected chi connectivity index (χ2v) is 6.63. The molecule has 0 aromatic rings. The molecule has 0 rings (SSSR count). The van der Waals surface area contributed by atoms with Crippen LogP contribution in [0, 0.1) is 5.92 Å². The summed E-state index contributed by atoms with van der Waals surface area (Å²) in [5.74, 6) is 0.791. The number of carbonyl (C=O) groups is 1. The van der Waals surface area contributed by atoms with Crippen LogP contribution in [0.5, 0.6) is 0 Å². The average Bonchev–Trinajstić information content (AvgIpc) is 2.55. The van der Waals surface area contributed by atoms with Crippen molar-refractivity contribution >= 4 is 5.91 Å². The molecule has 0 heterocycles. The first-order chi connectivity index (χ1) is 11.2. The Balaban J connectivity index is 3.31. The zero-order valence-corrected chi connectivity index (χ0v) is 15.5. The van der Waals surface area contributed by atoms with Crippen molar-refractivity contribution in [3.63, 3.8) is 0 Å². The molecule has 1 unspecified atom stereocenters. The van der Waals surface area contributed by atoms with E-state index in [4.69, 9.17) is 5.11 Å². The number of hydrogen-bond donors (Lipinski definition) is 2. The topological polar surface area (TPSA) is 49.3 Å². The van der Waals surface area contributed by atoms with Crippen LogP contribution in [0.2, 0.25) is 0 Å². The van der Waals surface area contributed by atoms with Crippen molar-refractivity contribution in [2.75, 3.05) is 13.2 Å². The van der Waals surface area contributed by atoms with E-state index in [1.165, 1.54) is 57.8 Å². The molecule has 0 radical (unpaired) electrons. The lowest BCUT2D eigenvalue weighted by molar-refractivity contribution is -0.121. The predicted molar refractivity (Wildman–Crippen MR) is 99.5 cm³/mol. The number of aliphatic hydroxyl groups is 1. The number of nitrogens with one attached hydrogen (secondary N) is 1. The Morgan fingerprint density at radius 2 is 1.74 bits per heavy atom. The molecule has 2 N–H and O–H groups in total. The zero-order chi connectivity index (χ0) is 17.2. The molecule has 0 saturated heterocycles. The van der Waals surface area contributed by atoms with Gasteiger partial charge in [-0.15, -0.1) is 0 Å². The van der Waals surface area contributed by atoms with Gasteiger partial charge in [-0.05, 0) is 31.6 Å². The highest BCUT2D eigenvalue weighted by molar-refractivity contribution is 5.75. The first-order valence-electron chi connectivity index (χ1n) is 9.75. The van der Waals surface area contributed by atoms with Crippen LogP contribution in [-0.2, 0) is 4.79 Å². The summed E-state index contributed by atoms with van der Waals surface area (Å²) < 4.78 is 0. The van der Waals surface area contributed by atoms with E-state index in [0.29, 0.717) is 13.0 Å². The summed E-state index contributed by atoms with van der Waals surface area (Å²) in [6, 6.07) is 0. The summed E-state index contributed by atoms with van der Waals surface area (Å²) in [6.45, 7) is 4.98. The lowest BCUT2D eigenvalue weighted by Crippen LogP contribution is -2.25. The van der Waals surface area contributed by atoms with E-state index in [9.17, 15) is 4.79 Å². The van der Waals surface area contributed by atoms with Crippen LogP contribution in [0.25, 0.3) is 0 Å². The predicted octanol–water partition coefficient (Wildman–Crippen LogP) is 4.99. The molecular formula is C20H39NO2. The molecule has 0 aliphatic carbocycles. The van der Waals surface area contributed by atoms with Gasteiger partial charge >= 0.3 is 0 Å². The van der Waals surface area contributed by atoms with Gasteiger partial charge in [-0.3, -0.25) is 4.79 Å². The zero-order valence-electron chi connectivity index (χ0n) is 15.5. The van der Waals surface area contributed by atoms with E-state index in [1.54, 1.807) is 0 Å². The summed E-state index contributed by atoms with van der Waals surface area (Å²) in [7, 11) is 0.